The summed E-state index contributed by atoms with van der Waals surface area (Å²) in [4.78, 5) is 3.98. The quantitative estimate of drug-likeness (QED) is 0.767. The standard InChI is InChI=1S/C13H9FN2/c14-13-7-10(3-4-15)6-12(8-13)11-2-1-5-16-9-11/h1-2,5-9H,3H2. The predicted octanol–water partition coefficient (Wildman–Crippen LogP) is 2.95. The number of pyridine rings is 1. The van der Waals surface area contributed by atoms with Crippen LogP contribution in [0, 0.1) is 17.1 Å². The lowest BCUT2D eigenvalue weighted by Gasteiger charge is -2.03. The lowest BCUT2D eigenvalue weighted by Crippen LogP contribution is -1.87. The molecule has 0 fully saturated rings. The van der Waals surface area contributed by atoms with Crippen LogP contribution in [-0.4, -0.2) is 4.98 Å². The molecule has 78 valence electrons. The van der Waals surface area contributed by atoms with Crippen LogP contribution >= 0.6 is 0 Å². The van der Waals surface area contributed by atoms with Crippen LogP contribution in [0.4, 0.5) is 4.39 Å². The summed E-state index contributed by atoms with van der Waals surface area (Å²) in [5.41, 5.74) is 2.28. The Labute approximate surface area is 93.0 Å². The highest BCUT2D eigenvalue weighted by atomic mass is 19.1. The van der Waals surface area contributed by atoms with Crippen molar-refractivity contribution in [2.75, 3.05) is 0 Å². The third kappa shape index (κ3) is 2.23. The number of hydrogen-bond acceptors (Lipinski definition) is 2. The van der Waals surface area contributed by atoms with Crippen molar-refractivity contribution in [3.63, 3.8) is 0 Å². The first-order valence-electron chi connectivity index (χ1n) is 4.86. The van der Waals surface area contributed by atoms with Gasteiger partial charge in [0.2, 0.25) is 0 Å². The lowest BCUT2D eigenvalue weighted by molar-refractivity contribution is 0.626. The van der Waals surface area contributed by atoms with Crippen molar-refractivity contribution < 1.29 is 4.39 Å². The third-order valence-electron chi connectivity index (χ3n) is 2.24. The van der Waals surface area contributed by atoms with E-state index in [1.807, 2.05) is 18.2 Å². The van der Waals surface area contributed by atoms with E-state index in [9.17, 15) is 4.39 Å². The molecule has 2 aromatic rings. The molecule has 0 aliphatic rings. The molecule has 0 aliphatic carbocycles. The number of benzene rings is 1. The van der Waals surface area contributed by atoms with Gasteiger partial charge in [-0.25, -0.2) is 4.39 Å². The van der Waals surface area contributed by atoms with Crippen LogP contribution in [0.1, 0.15) is 5.56 Å². The van der Waals surface area contributed by atoms with Gasteiger partial charge >= 0.3 is 0 Å². The molecule has 0 saturated heterocycles. The summed E-state index contributed by atoms with van der Waals surface area (Å²) >= 11 is 0. The van der Waals surface area contributed by atoms with Crippen LogP contribution in [0.5, 0.6) is 0 Å². The number of aromatic nitrogens is 1. The molecule has 0 bridgehead atoms. The smallest absolute Gasteiger partial charge is 0.124 e. The van der Waals surface area contributed by atoms with E-state index in [2.05, 4.69) is 4.98 Å². The summed E-state index contributed by atoms with van der Waals surface area (Å²) < 4.78 is 13.3. The number of nitrogens with zero attached hydrogens (tertiary/aromatic N) is 2. The largest absolute Gasteiger partial charge is 0.264 e. The van der Waals surface area contributed by atoms with Crippen molar-refractivity contribution >= 4 is 0 Å². The third-order valence-corrected chi connectivity index (χ3v) is 2.24. The maximum absolute atomic E-state index is 13.3. The molecule has 1 aromatic carbocycles. The first kappa shape index (κ1) is 10.3. The van der Waals surface area contributed by atoms with Crippen molar-refractivity contribution in [3.05, 3.63) is 54.1 Å². The molecule has 16 heavy (non-hydrogen) atoms. The van der Waals surface area contributed by atoms with Gasteiger partial charge in [-0.2, -0.15) is 5.26 Å². The van der Waals surface area contributed by atoms with E-state index in [1.165, 1.54) is 12.1 Å². The molecule has 0 unspecified atom stereocenters. The molecule has 2 nitrogen and oxygen atoms in total. The minimum atomic E-state index is -0.327. The molecular formula is C13H9FN2. The van der Waals surface area contributed by atoms with E-state index in [0.717, 1.165) is 11.1 Å². The summed E-state index contributed by atoms with van der Waals surface area (Å²) in [6.45, 7) is 0. The van der Waals surface area contributed by atoms with Crippen molar-refractivity contribution in [3.8, 4) is 17.2 Å². The molecule has 0 atom stereocenters. The molecular weight excluding hydrogens is 203 g/mol. The van der Waals surface area contributed by atoms with E-state index in [-0.39, 0.29) is 12.2 Å². The fourth-order valence-electron chi connectivity index (χ4n) is 1.54. The zero-order chi connectivity index (χ0) is 11.4. The Morgan fingerprint density at radius 2 is 2.12 bits per heavy atom. The maximum atomic E-state index is 13.3. The summed E-state index contributed by atoms with van der Waals surface area (Å²) in [6, 6.07) is 10.3. The van der Waals surface area contributed by atoms with Gasteiger partial charge < -0.3 is 0 Å². The van der Waals surface area contributed by atoms with Crippen molar-refractivity contribution in [1.29, 1.82) is 5.26 Å². The number of hydrogen-bond donors (Lipinski definition) is 0. The van der Waals surface area contributed by atoms with Gasteiger partial charge in [0, 0.05) is 18.0 Å². The van der Waals surface area contributed by atoms with Gasteiger partial charge in [-0.15, -0.1) is 0 Å². The Bertz CT molecular complexity index is 529. The summed E-state index contributed by atoms with van der Waals surface area (Å²) in [5.74, 6) is -0.327. The fourth-order valence-corrected chi connectivity index (χ4v) is 1.54. The van der Waals surface area contributed by atoms with Crippen LogP contribution in [0.25, 0.3) is 11.1 Å². The second kappa shape index (κ2) is 4.54. The van der Waals surface area contributed by atoms with Gasteiger partial charge in [-0.3, -0.25) is 4.98 Å². The fraction of sp³-hybridized carbons (Fsp3) is 0.0769. The minimum absolute atomic E-state index is 0.213. The normalized spacial score (nSPS) is 9.75. The minimum Gasteiger partial charge on any atom is -0.264 e. The molecule has 3 heteroatoms. The average Bonchev–Trinajstić information content (AvgIpc) is 2.30. The van der Waals surface area contributed by atoms with E-state index < -0.39 is 0 Å². The molecule has 0 radical (unpaired) electrons. The molecule has 0 spiro atoms. The number of halogens is 1. The number of rotatable bonds is 2. The average molecular weight is 212 g/mol. The van der Waals surface area contributed by atoms with Gasteiger partial charge in [-0.05, 0) is 35.4 Å². The second-order valence-corrected chi connectivity index (χ2v) is 3.42. The predicted molar refractivity (Wildman–Crippen MR) is 58.9 cm³/mol. The van der Waals surface area contributed by atoms with Crippen LogP contribution in [0.15, 0.2) is 42.7 Å². The highest BCUT2D eigenvalue weighted by molar-refractivity contribution is 5.63. The van der Waals surface area contributed by atoms with Crippen molar-refractivity contribution in [2.24, 2.45) is 0 Å². The SMILES string of the molecule is N#CCc1cc(F)cc(-c2cccnc2)c1. The van der Waals surface area contributed by atoms with E-state index >= 15 is 0 Å². The van der Waals surface area contributed by atoms with Crippen LogP contribution in [-0.2, 0) is 6.42 Å². The molecule has 1 aromatic heterocycles. The van der Waals surface area contributed by atoms with Crippen LogP contribution in [0.3, 0.4) is 0 Å². The Hall–Kier alpha value is -2.21. The Balaban J connectivity index is 2.46. The first-order chi connectivity index (χ1) is 7.79. The highest BCUT2D eigenvalue weighted by Crippen LogP contribution is 2.21. The zero-order valence-electron chi connectivity index (χ0n) is 8.52. The molecule has 0 saturated carbocycles. The van der Waals surface area contributed by atoms with Gasteiger partial charge in [0.15, 0.2) is 0 Å². The Kier molecular flexibility index (Phi) is 2.93. The zero-order valence-corrected chi connectivity index (χ0v) is 8.52. The number of nitriles is 1. The van der Waals surface area contributed by atoms with E-state index in [4.69, 9.17) is 5.26 Å². The first-order valence-corrected chi connectivity index (χ1v) is 4.86. The van der Waals surface area contributed by atoms with Crippen molar-refractivity contribution in [1.82, 2.24) is 4.98 Å². The van der Waals surface area contributed by atoms with E-state index in [1.54, 1.807) is 18.5 Å². The molecule has 0 N–H and O–H groups in total. The van der Waals surface area contributed by atoms with Crippen molar-refractivity contribution in [2.45, 2.75) is 6.42 Å². The Morgan fingerprint density at radius 1 is 1.25 bits per heavy atom. The van der Waals surface area contributed by atoms with Gasteiger partial charge in [0.1, 0.15) is 5.82 Å². The maximum Gasteiger partial charge on any atom is 0.124 e. The topological polar surface area (TPSA) is 36.7 Å². The lowest BCUT2D eigenvalue weighted by atomic mass is 10.0. The molecule has 2 rings (SSSR count). The van der Waals surface area contributed by atoms with Gasteiger partial charge in [0.25, 0.3) is 0 Å². The molecule has 0 aliphatic heterocycles. The monoisotopic (exact) mass is 212 g/mol. The molecule has 1 heterocycles. The highest BCUT2D eigenvalue weighted by Gasteiger charge is 2.02. The molecule has 0 amide bonds. The van der Waals surface area contributed by atoms with Gasteiger partial charge in [0.05, 0.1) is 12.5 Å². The Morgan fingerprint density at radius 3 is 2.81 bits per heavy atom. The van der Waals surface area contributed by atoms with Crippen LogP contribution in [0.2, 0.25) is 0 Å². The van der Waals surface area contributed by atoms with Gasteiger partial charge in [-0.1, -0.05) is 6.07 Å². The second-order valence-electron chi connectivity index (χ2n) is 3.42. The van der Waals surface area contributed by atoms with Crippen LogP contribution < -0.4 is 0 Å². The summed E-state index contributed by atoms with van der Waals surface area (Å²) in [5, 5.41) is 8.59. The summed E-state index contributed by atoms with van der Waals surface area (Å²) in [6.07, 6.45) is 3.55. The van der Waals surface area contributed by atoms with E-state index in [0.29, 0.717) is 5.56 Å². The summed E-state index contributed by atoms with van der Waals surface area (Å²) in [7, 11) is 0.